The number of rotatable bonds is 13. The monoisotopic (exact) mass is 757 g/mol. The van der Waals surface area contributed by atoms with E-state index in [0.717, 1.165) is 27.7 Å². The molecule has 8 rings (SSSR count). The summed E-state index contributed by atoms with van der Waals surface area (Å²) in [6, 6.07) is 19.3. The summed E-state index contributed by atoms with van der Waals surface area (Å²) < 4.78 is 52.3. The number of hydrogen-bond acceptors (Lipinski definition) is 12. The highest BCUT2D eigenvalue weighted by molar-refractivity contribution is 7.91. The molecule has 1 fully saturated rings. The predicted molar refractivity (Wildman–Crippen MR) is 186 cm³/mol. The van der Waals surface area contributed by atoms with Crippen LogP contribution in [0.1, 0.15) is 48.5 Å². The quantitative estimate of drug-likeness (QED) is 0.105. The summed E-state index contributed by atoms with van der Waals surface area (Å²) >= 11 is 0. The van der Waals surface area contributed by atoms with Crippen LogP contribution < -0.4 is 19.1 Å². The lowest BCUT2D eigenvalue weighted by Crippen LogP contribution is -2.63. The average molecular weight is 758 g/mol. The number of esters is 1. The molecule has 280 valence electrons. The van der Waals surface area contributed by atoms with E-state index in [0.29, 0.717) is 37.2 Å². The number of piperazine rings is 1. The highest BCUT2D eigenvalue weighted by atomic mass is 32.2. The zero-order chi connectivity index (χ0) is 37.4. The number of nitrogens with one attached hydrogen (secondary N) is 1. The van der Waals surface area contributed by atoms with Crippen molar-refractivity contribution >= 4 is 38.5 Å². The molecule has 3 aliphatic heterocycles. The van der Waals surface area contributed by atoms with E-state index in [1.807, 2.05) is 36.4 Å². The van der Waals surface area contributed by atoms with Gasteiger partial charge >= 0.3 is 16.9 Å². The molecule has 0 aliphatic carbocycles. The Bertz CT molecular complexity index is 2340. The Morgan fingerprint density at radius 2 is 1.72 bits per heavy atom. The number of para-hydroxylation sites is 1. The van der Waals surface area contributed by atoms with E-state index in [9.17, 15) is 28.0 Å². The van der Waals surface area contributed by atoms with Crippen LogP contribution in [0.2, 0.25) is 0 Å². The van der Waals surface area contributed by atoms with Gasteiger partial charge in [-0.2, -0.15) is 0 Å². The molecular formula is C37H35N5O11S. The zero-order valence-corrected chi connectivity index (χ0v) is 29.7. The molecule has 1 N–H and O–H groups in total. The van der Waals surface area contributed by atoms with E-state index in [1.165, 1.54) is 29.2 Å². The lowest BCUT2D eigenvalue weighted by molar-refractivity contribution is -0.832. The van der Waals surface area contributed by atoms with Gasteiger partial charge in [-0.15, -0.1) is 0 Å². The number of carbonyl (C=O) groups is 3. The van der Waals surface area contributed by atoms with E-state index in [-0.39, 0.29) is 61.1 Å². The minimum Gasteiger partial charge on any atom is -0.464 e. The summed E-state index contributed by atoms with van der Waals surface area (Å²) in [5.41, 5.74) is 3.45. The fraction of sp³-hybridized carbons (Fsp3) is 0.324. The third-order valence-electron chi connectivity index (χ3n) is 9.77. The van der Waals surface area contributed by atoms with Crippen LogP contribution in [0.25, 0.3) is 10.9 Å². The largest absolute Gasteiger partial charge is 0.464 e. The first-order valence-corrected chi connectivity index (χ1v) is 19.0. The van der Waals surface area contributed by atoms with Gasteiger partial charge in [-0.3, -0.25) is 19.0 Å². The minimum atomic E-state index is -4.21. The topological polar surface area (TPSA) is 198 Å². The summed E-state index contributed by atoms with van der Waals surface area (Å²) in [6.45, 7) is -0.346. The molecule has 2 aromatic heterocycles. The van der Waals surface area contributed by atoms with E-state index in [4.69, 9.17) is 18.9 Å². The number of ether oxygens (including phenoxy) is 4. The lowest BCUT2D eigenvalue weighted by Gasteiger charge is -2.46. The number of aromatic amines is 1. The van der Waals surface area contributed by atoms with Crippen molar-refractivity contribution in [1.29, 1.82) is 0 Å². The Morgan fingerprint density at radius 3 is 2.56 bits per heavy atom. The van der Waals surface area contributed by atoms with Crippen molar-refractivity contribution < 1.29 is 51.3 Å². The van der Waals surface area contributed by atoms with Crippen LogP contribution >= 0.6 is 0 Å². The van der Waals surface area contributed by atoms with Gasteiger partial charge in [0.25, 0.3) is 9.84 Å². The number of carbonyl (C=O) groups excluding carboxylic acids is 3. The molecule has 54 heavy (non-hydrogen) atoms. The Labute approximate surface area is 308 Å². The number of amides is 2. The van der Waals surface area contributed by atoms with E-state index in [2.05, 4.69) is 14.8 Å². The van der Waals surface area contributed by atoms with Gasteiger partial charge < -0.3 is 38.9 Å². The van der Waals surface area contributed by atoms with Crippen molar-refractivity contribution in [1.82, 2.24) is 19.9 Å². The van der Waals surface area contributed by atoms with Gasteiger partial charge in [-0.25, -0.2) is 8.42 Å². The smallest absolute Gasteiger partial charge is 0.414 e. The molecular weight excluding hydrogens is 722 g/mol. The maximum atomic E-state index is 14.0. The van der Waals surface area contributed by atoms with Gasteiger partial charge in [0.15, 0.2) is 11.5 Å². The number of fused-ring (bicyclic) bond motifs is 5. The molecule has 0 spiro atoms. The number of sulfone groups is 1. The number of nitrogens with zero attached hydrogens (tertiary/aromatic N) is 4. The summed E-state index contributed by atoms with van der Waals surface area (Å²) in [5.74, 6) is -0.485. The number of benzene rings is 3. The predicted octanol–water partition coefficient (Wildman–Crippen LogP) is 3.22. The fourth-order valence-corrected chi connectivity index (χ4v) is 8.54. The molecule has 16 nitrogen and oxygen atoms in total. The molecule has 0 saturated carbocycles. The first-order chi connectivity index (χ1) is 26.2. The first kappa shape index (κ1) is 35.0. The van der Waals surface area contributed by atoms with Crippen LogP contribution in [0.15, 0.2) is 87.3 Å². The van der Waals surface area contributed by atoms with E-state index in [1.54, 1.807) is 17.0 Å². The maximum absolute atomic E-state index is 14.0. The van der Waals surface area contributed by atoms with Gasteiger partial charge in [-0.1, -0.05) is 42.5 Å². The molecule has 5 heterocycles. The average Bonchev–Trinajstić information content (AvgIpc) is 3.91. The molecule has 0 bridgehead atoms. The highest BCUT2D eigenvalue weighted by Crippen LogP contribution is 2.45. The number of hydrogen-bond donors (Lipinski definition) is 1. The molecule has 5 aromatic rings. The number of aromatic nitrogens is 3. The van der Waals surface area contributed by atoms with Crippen molar-refractivity contribution in [2.45, 2.75) is 54.1 Å². The Balaban J connectivity index is 0.843. The third kappa shape index (κ3) is 6.44. The molecule has 0 unspecified atom stereocenters. The van der Waals surface area contributed by atoms with Crippen LogP contribution in [-0.2, 0) is 35.4 Å². The second-order valence-electron chi connectivity index (χ2n) is 13.1. The highest BCUT2D eigenvalue weighted by Gasteiger charge is 2.49. The lowest BCUT2D eigenvalue weighted by atomic mass is 9.86. The van der Waals surface area contributed by atoms with Gasteiger partial charge in [-0.05, 0) is 72.0 Å². The first-order valence-electron chi connectivity index (χ1n) is 17.5. The molecule has 0 radical (unpaired) electrons. The summed E-state index contributed by atoms with van der Waals surface area (Å²) in [6.07, 6.45) is 2.60. The Hall–Kier alpha value is -6.10. The van der Waals surface area contributed by atoms with Crippen molar-refractivity contribution in [3.05, 3.63) is 94.8 Å². The second-order valence-corrected chi connectivity index (χ2v) is 15.0. The summed E-state index contributed by atoms with van der Waals surface area (Å²) in [7, 11) is -4.21. The molecule has 3 aromatic carbocycles. The zero-order valence-electron chi connectivity index (χ0n) is 28.8. The van der Waals surface area contributed by atoms with Crippen molar-refractivity contribution in [2.75, 3.05) is 33.1 Å². The third-order valence-corrected chi connectivity index (χ3v) is 11.5. The second kappa shape index (κ2) is 14.4. The van der Waals surface area contributed by atoms with Crippen LogP contribution in [0.5, 0.6) is 17.4 Å². The molecule has 2 atom stereocenters. The van der Waals surface area contributed by atoms with Crippen molar-refractivity contribution in [3.8, 4) is 17.4 Å². The van der Waals surface area contributed by atoms with E-state index < -0.39 is 38.8 Å². The molecule has 3 aliphatic rings. The maximum Gasteiger partial charge on any atom is 0.414 e. The van der Waals surface area contributed by atoms with Crippen LogP contribution in [0, 0.1) is 5.21 Å². The van der Waals surface area contributed by atoms with Gasteiger partial charge in [0.05, 0.1) is 29.3 Å². The fourth-order valence-electron chi connectivity index (χ4n) is 7.24. The molecule has 17 heteroatoms. The molecule has 2 amide bonds. The van der Waals surface area contributed by atoms with Crippen LogP contribution in [-0.4, -0.2) is 85.3 Å². The summed E-state index contributed by atoms with van der Waals surface area (Å²) in [4.78, 5) is 46.8. The van der Waals surface area contributed by atoms with Gasteiger partial charge in [0.1, 0.15) is 19.1 Å². The number of H-pyrrole nitrogens is 1. The standard InChI is InChI=1S/C37H35N5O11S/c43-31-20-40(21-32(44)49-16-8-1-2-9-17-50-35-37(42(46)53-39-35)54(47,48)24-10-4-3-5-11-24)36(45)28-19-26-25-12-6-7-13-27(25)38-33(26)34(41(28)31)23-14-15-29-30(18-23)52-22-51-29/h3-7,10-15,18,28,34,38H,1-2,8-9,16-17,19-22H2/t28-,34-/m1/s1. The van der Waals surface area contributed by atoms with Crippen LogP contribution in [0.4, 0.5) is 0 Å². The van der Waals surface area contributed by atoms with Crippen LogP contribution in [0.3, 0.4) is 0 Å². The Morgan fingerprint density at radius 1 is 0.963 bits per heavy atom. The normalized spacial score (nSPS) is 17.8. The molecule has 1 saturated heterocycles. The van der Waals surface area contributed by atoms with Gasteiger partial charge in [0.2, 0.25) is 18.6 Å². The summed E-state index contributed by atoms with van der Waals surface area (Å²) in [5, 5.41) is 15.8. The van der Waals surface area contributed by atoms with Crippen molar-refractivity contribution in [2.24, 2.45) is 0 Å². The minimum absolute atomic E-state index is 0.0719. The van der Waals surface area contributed by atoms with Gasteiger partial charge in [0, 0.05) is 23.0 Å². The van der Waals surface area contributed by atoms with Crippen molar-refractivity contribution in [3.63, 3.8) is 0 Å². The number of unbranched alkanes of at least 4 members (excludes halogenated alkanes) is 3. The Kier molecular flexibility index (Phi) is 9.31. The van der Waals surface area contributed by atoms with E-state index >= 15 is 0 Å². The SMILES string of the molecule is O=C(CN1CC(=O)N2[C@H](c3ccc4c(c3)OCO4)c3[nH]c4ccccc4c3C[C@@H]2C1=O)OCCCCCCOc1no[n+]([O-])c1S(=O)(=O)c1ccccc1.